The van der Waals surface area contributed by atoms with Gasteiger partial charge in [-0.2, -0.15) is 0 Å². The minimum atomic E-state index is -0.815. The molecule has 1 aliphatic rings. The fourth-order valence-corrected chi connectivity index (χ4v) is 3.14. The molecule has 0 bridgehead atoms. The zero-order valence-corrected chi connectivity index (χ0v) is 15.0. The van der Waals surface area contributed by atoms with E-state index in [-0.39, 0.29) is 5.69 Å². The van der Waals surface area contributed by atoms with Gasteiger partial charge in [-0.1, -0.05) is 0 Å². The lowest BCUT2D eigenvalue weighted by Crippen LogP contribution is -2.47. The van der Waals surface area contributed by atoms with Crippen molar-refractivity contribution in [3.05, 3.63) is 16.1 Å². The van der Waals surface area contributed by atoms with Gasteiger partial charge in [0.2, 0.25) is 0 Å². The van der Waals surface area contributed by atoms with Crippen LogP contribution in [0.15, 0.2) is 5.38 Å². The average molecular weight is 342 g/mol. The lowest BCUT2D eigenvalue weighted by Gasteiger charge is -2.34. The maximum atomic E-state index is 12.6. The van der Waals surface area contributed by atoms with E-state index in [1.54, 1.807) is 19.2 Å². The first-order valence-corrected chi connectivity index (χ1v) is 8.13. The Morgan fingerprint density at radius 3 is 2.65 bits per heavy atom. The number of methoxy groups -OCH3 is 1. The SMILES string of the molecule is COC(=O)c1csc(C2COC(C)(C)N2C(=O)OC(C)(C)C)n1. The molecule has 128 valence electrons. The number of ether oxygens (including phenoxy) is 3. The number of nitrogens with zero attached hydrogens (tertiary/aromatic N) is 2. The number of thiazole rings is 1. The van der Waals surface area contributed by atoms with Crippen LogP contribution in [0, 0.1) is 0 Å². The van der Waals surface area contributed by atoms with Gasteiger partial charge in [-0.15, -0.1) is 11.3 Å². The molecule has 0 aliphatic carbocycles. The Bertz CT molecular complexity index is 605. The van der Waals surface area contributed by atoms with E-state index in [9.17, 15) is 9.59 Å². The van der Waals surface area contributed by atoms with Gasteiger partial charge in [0, 0.05) is 5.38 Å². The molecule has 1 amide bonds. The summed E-state index contributed by atoms with van der Waals surface area (Å²) in [6.45, 7) is 9.31. The third kappa shape index (κ3) is 3.81. The number of carbonyl (C=O) groups is 2. The molecule has 1 saturated heterocycles. The van der Waals surface area contributed by atoms with Crippen LogP contribution < -0.4 is 0 Å². The highest BCUT2D eigenvalue weighted by atomic mass is 32.1. The zero-order chi connectivity index (χ0) is 17.4. The first-order valence-electron chi connectivity index (χ1n) is 7.25. The Morgan fingerprint density at radius 1 is 1.43 bits per heavy atom. The Morgan fingerprint density at radius 2 is 2.09 bits per heavy atom. The molecular weight excluding hydrogens is 320 g/mol. The first kappa shape index (κ1) is 17.7. The van der Waals surface area contributed by atoms with Crippen molar-refractivity contribution in [2.24, 2.45) is 0 Å². The molecule has 1 aliphatic heterocycles. The highest BCUT2D eigenvalue weighted by Crippen LogP contribution is 2.39. The van der Waals surface area contributed by atoms with E-state index in [0.29, 0.717) is 11.6 Å². The average Bonchev–Trinajstić information content (AvgIpc) is 2.99. The number of hydrogen-bond donors (Lipinski definition) is 0. The summed E-state index contributed by atoms with van der Waals surface area (Å²) in [5.41, 5.74) is -1.20. The van der Waals surface area contributed by atoms with Gasteiger partial charge in [-0.25, -0.2) is 14.6 Å². The Balaban J connectivity index is 2.28. The van der Waals surface area contributed by atoms with Gasteiger partial charge in [0.05, 0.1) is 13.7 Å². The molecule has 7 nitrogen and oxygen atoms in total. The smallest absolute Gasteiger partial charge is 0.413 e. The van der Waals surface area contributed by atoms with Crippen molar-refractivity contribution in [3.63, 3.8) is 0 Å². The molecule has 0 aromatic carbocycles. The molecule has 0 N–H and O–H groups in total. The van der Waals surface area contributed by atoms with Gasteiger partial charge in [0.1, 0.15) is 22.4 Å². The molecule has 1 fully saturated rings. The summed E-state index contributed by atoms with van der Waals surface area (Å²) in [6.07, 6.45) is -0.472. The molecule has 0 saturated carbocycles. The molecule has 8 heteroatoms. The van der Waals surface area contributed by atoms with Crippen molar-refractivity contribution in [1.82, 2.24) is 9.88 Å². The summed E-state index contributed by atoms with van der Waals surface area (Å²) in [4.78, 5) is 29.9. The summed E-state index contributed by atoms with van der Waals surface area (Å²) in [7, 11) is 1.30. The topological polar surface area (TPSA) is 78.0 Å². The predicted octanol–water partition coefficient (Wildman–Crippen LogP) is 2.97. The Kier molecular flexibility index (Phi) is 4.68. The lowest BCUT2D eigenvalue weighted by molar-refractivity contribution is -0.0626. The number of rotatable bonds is 2. The van der Waals surface area contributed by atoms with Crippen LogP contribution in [0.1, 0.15) is 56.2 Å². The second kappa shape index (κ2) is 6.09. The highest BCUT2D eigenvalue weighted by molar-refractivity contribution is 7.09. The second-order valence-corrected chi connectivity index (χ2v) is 7.58. The largest absolute Gasteiger partial charge is 0.464 e. The minimum absolute atomic E-state index is 0.223. The summed E-state index contributed by atoms with van der Waals surface area (Å²) in [5, 5.41) is 2.22. The molecule has 2 rings (SSSR count). The van der Waals surface area contributed by atoms with E-state index in [4.69, 9.17) is 9.47 Å². The highest BCUT2D eigenvalue weighted by Gasteiger charge is 2.47. The van der Waals surface area contributed by atoms with Crippen molar-refractivity contribution >= 4 is 23.4 Å². The molecular formula is C15H22N2O5S. The quantitative estimate of drug-likeness (QED) is 0.769. The molecule has 1 unspecified atom stereocenters. The van der Waals surface area contributed by atoms with Gasteiger partial charge < -0.3 is 14.2 Å². The Labute approximate surface area is 139 Å². The fraction of sp³-hybridized carbons (Fsp3) is 0.667. The maximum absolute atomic E-state index is 12.6. The van der Waals surface area contributed by atoms with E-state index in [0.717, 1.165) is 0 Å². The van der Waals surface area contributed by atoms with Crippen LogP contribution >= 0.6 is 11.3 Å². The fourth-order valence-electron chi connectivity index (χ4n) is 2.28. The first-order chi connectivity index (χ1) is 10.5. The summed E-state index contributed by atoms with van der Waals surface area (Å²) < 4.78 is 15.9. The van der Waals surface area contributed by atoms with E-state index >= 15 is 0 Å². The van der Waals surface area contributed by atoms with Crippen LogP contribution in [0.25, 0.3) is 0 Å². The van der Waals surface area contributed by atoms with Crippen molar-refractivity contribution in [2.45, 2.75) is 52.0 Å². The van der Waals surface area contributed by atoms with Gasteiger partial charge in [-0.3, -0.25) is 4.90 Å². The van der Waals surface area contributed by atoms with Crippen LogP contribution in [0.3, 0.4) is 0 Å². The van der Waals surface area contributed by atoms with Gasteiger partial charge in [-0.05, 0) is 34.6 Å². The monoisotopic (exact) mass is 342 g/mol. The summed E-state index contributed by atoms with van der Waals surface area (Å²) in [5.74, 6) is -0.505. The zero-order valence-electron chi connectivity index (χ0n) is 14.2. The summed E-state index contributed by atoms with van der Waals surface area (Å²) >= 11 is 1.29. The number of carbonyl (C=O) groups excluding carboxylic acids is 2. The lowest BCUT2D eigenvalue weighted by atomic mass is 10.2. The van der Waals surface area contributed by atoms with Crippen LogP contribution in [0.5, 0.6) is 0 Å². The third-order valence-electron chi connectivity index (χ3n) is 3.28. The van der Waals surface area contributed by atoms with Crippen molar-refractivity contribution in [1.29, 1.82) is 0 Å². The molecule has 2 heterocycles. The number of hydrogen-bond acceptors (Lipinski definition) is 7. The molecule has 1 atom stereocenters. The van der Waals surface area contributed by atoms with Crippen molar-refractivity contribution < 1.29 is 23.8 Å². The van der Waals surface area contributed by atoms with E-state index in [2.05, 4.69) is 9.72 Å². The standard InChI is InChI=1S/C15H22N2O5S/c1-14(2,3)22-13(19)17-10(7-21-15(17,4)5)11-16-9(8-23-11)12(18)20-6/h8,10H,7H2,1-6H3. The third-order valence-corrected chi connectivity index (χ3v) is 4.22. The minimum Gasteiger partial charge on any atom is -0.464 e. The van der Waals surface area contributed by atoms with Crippen LogP contribution in [-0.2, 0) is 14.2 Å². The van der Waals surface area contributed by atoms with E-state index in [1.807, 2.05) is 20.8 Å². The Hall–Kier alpha value is -1.67. The predicted molar refractivity (Wildman–Crippen MR) is 84.3 cm³/mol. The van der Waals surface area contributed by atoms with Crippen LogP contribution in [0.2, 0.25) is 0 Å². The normalized spacial score (nSPS) is 20.4. The molecule has 1 aromatic rings. The van der Waals surface area contributed by atoms with Crippen molar-refractivity contribution in [3.8, 4) is 0 Å². The number of aromatic nitrogens is 1. The van der Waals surface area contributed by atoms with Gasteiger partial charge in [0.25, 0.3) is 0 Å². The van der Waals surface area contributed by atoms with E-state index < -0.39 is 29.4 Å². The van der Waals surface area contributed by atoms with Crippen LogP contribution in [0.4, 0.5) is 4.79 Å². The molecule has 0 spiro atoms. The number of esters is 1. The second-order valence-electron chi connectivity index (χ2n) is 6.69. The van der Waals surface area contributed by atoms with Crippen molar-refractivity contribution in [2.75, 3.05) is 13.7 Å². The van der Waals surface area contributed by atoms with Crippen LogP contribution in [-0.4, -0.2) is 47.0 Å². The molecule has 23 heavy (non-hydrogen) atoms. The van der Waals surface area contributed by atoms with Gasteiger partial charge >= 0.3 is 12.1 Å². The summed E-state index contributed by atoms with van der Waals surface area (Å²) in [6, 6.07) is -0.400. The molecule has 0 radical (unpaired) electrons. The maximum Gasteiger partial charge on any atom is 0.413 e. The van der Waals surface area contributed by atoms with E-state index in [1.165, 1.54) is 23.3 Å². The molecule has 1 aromatic heterocycles. The van der Waals surface area contributed by atoms with Gasteiger partial charge in [0.15, 0.2) is 5.69 Å². The number of amides is 1.